The lowest BCUT2D eigenvalue weighted by atomic mass is 10.1. The van der Waals surface area contributed by atoms with Crippen molar-refractivity contribution in [1.29, 1.82) is 0 Å². The summed E-state index contributed by atoms with van der Waals surface area (Å²) in [5.41, 5.74) is 1.18. The van der Waals surface area contributed by atoms with Crippen molar-refractivity contribution < 1.29 is 4.74 Å². The van der Waals surface area contributed by atoms with Crippen LogP contribution < -0.4 is 10.6 Å². The van der Waals surface area contributed by atoms with Gasteiger partial charge in [-0.3, -0.25) is 9.89 Å². The second-order valence-corrected chi connectivity index (χ2v) is 6.82. The molecule has 0 bridgehead atoms. The molecule has 7 heteroatoms. The molecule has 1 saturated heterocycles. The van der Waals surface area contributed by atoms with Gasteiger partial charge in [-0.15, -0.1) is 24.0 Å². The van der Waals surface area contributed by atoms with Gasteiger partial charge in [-0.25, -0.2) is 0 Å². The number of ether oxygens (including phenoxy) is 1. The number of benzene rings is 1. The Morgan fingerprint density at radius 1 is 1.36 bits per heavy atom. The minimum atomic E-state index is 0. The predicted octanol–water partition coefficient (Wildman–Crippen LogP) is 3.29. The normalized spacial score (nSPS) is 21.2. The molecule has 1 aliphatic heterocycles. The van der Waals surface area contributed by atoms with Crippen LogP contribution in [0.5, 0.6) is 0 Å². The lowest BCUT2D eigenvalue weighted by Gasteiger charge is -2.38. The third-order valence-electron chi connectivity index (χ3n) is 4.50. The summed E-state index contributed by atoms with van der Waals surface area (Å²) in [5, 5.41) is 7.61. The Morgan fingerprint density at radius 2 is 2.04 bits per heavy atom. The predicted molar refractivity (Wildman–Crippen MR) is 116 cm³/mol. The van der Waals surface area contributed by atoms with Crippen molar-refractivity contribution in [2.75, 3.05) is 33.4 Å². The van der Waals surface area contributed by atoms with Gasteiger partial charge in [-0.2, -0.15) is 0 Å². The van der Waals surface area contributed by atoms with Crippen molar-refractivity contribution in [3.63, 3.8) is 0 Å². The molecule has 1 heterocycles. The SMILES string of the molecule is CN=C(NCC(C)N1CCOCC1C)NC(C)c1ccc(Cl)cc1.I. The Kier molecular flexibility index (Phi) is 10.1. The van der Waals surface area contributed by atoms with Gasteiger partial charge < -0.3 is 15.4 Å². The molecular formula is C18H30ClIN4O. The van der Waals surface area contributed by atoms with Gasteiger partial charge in [0.15, 0.2) is 5.96 Å². The molecule has 0 aliphatic carbocycles. The van der Waals surface area contributed by atoms with Crippen LogP contribution in [0.3, 0.4) is 0 Å². The summed E-state index contributed by atoms with van der Waals surface area (Å²) in [6.45, 7) is 10.0. The van der Waals surface area contributed by atoms with Crippen LogP contribution in [0.4, 0.5) is 0 Å². The molecule has 0 amide bonds. The first-order chi connectivity index (χ1) is 11.5. The molecule has 0 aromatic heterocycles. The minimum Gasteiger partial charge on any atom is -0.379 e. The number of hydrogen-bond acceptors (Lipinski definition) is 3. The van der Waals surface area contributed by atoms with Crippen molar-refractivity contribution in [3.05, 3.63) is 34.9 Å². The zero-order chi connectivity index (χ0) is 17.5. The van der Waals surface area contributed by atoms with Crippen molar-refractivity contribution in [3.8, 4) is 0 Å². The molecule has 0 radical (unpaired) electrons. The number of rotatable bonds is 5. The first-order valence-electron chi connectivity index (χ1n) is 8.57. The van der Waals surface area contributed by atoms with Crippen LogP contribution in [0.15, 0.2) is 29.3 Å². The molecule has 0 saturated carbocycles. The summed E-state index contributed by atoms with van der Waals surface area (Å²) in [6, 6.07) is 8.93. The number of nitrogens with zero attached hydrogens (tertiary/aromatic N) is 2. The Bertz CT molecular complexity index is 540. The maximum atomic E-state index is 5.95. The smallest absolute Gasteiger partial charge is 0.191 e. The fourth-order valence-electron chi connectivity index (χ4n) is 2.99. The molecule has 1 fully saturated rings. The van der Waals surface area contributed by atoms with Gasteiger partial charge in [0.2, 0.25) is 0 Å². The third-order valence-corrected chi connectivity index (χ3v) is 4.75. The monoisotopic (exact) mass is 480 g/mol. The van der Waals surface area contributed by atoms with Gasteiger partial charge in [0, 0.05) is 37.2 Å². The standard InChI is InChI=1S/C18H29ClN4O.HI/c1-13(23-9-10-24-12-14(23)2)11-21-18(20-4)22-15(3)16-5-7-17(19)8-6-16;/h5-8,13-15H,9-12H2,1-4H3,(H2,20,21,22);1H. The van der Waals surface area contributed by atoms with Crippen LogP contribution in [-0.2, 0) is 4.74 Å². The number of nitrogens with one attached hydrogen (secondary N) is 2. The second-order valence-electron chi connectivity index (χ2n) is 6.38. The Balaban J connectivity index is 0.00000312. The quantitative estimate of drug-likeness (QED) is 0.386. The van der Waals surface area contributed by atoms with E-state index in [0.29, 0.717) is 12.1 Å². The van der Waals surface area contributed by atoms with Crippen molar-refractivity contribution in [2.45, 2.75) is 38.9 Å². The van der Waals surface area contributed by atoms with Crippen molar-refractivity contribution in [1.82, 2.24) is 15.5 Å². The van der Waals surface area contributed by atoms with E-state index in [4.69, 9.17) is 16.3 Å². The summed E-state index contributed by atoms with van der Waals surface area (Å²) >= 11 is 5.95. The molecule has 0 spiro atoms. The summed E-state index contributed by atoms with van der Waals surface area (Å²) in [7, 11) is 1.80. The molecule has 5 nitrogen and oxygen atoms in total. The van der Waals surface area contributed by atoms with E-state index in [1.54, 1.807) is 7.05 Å². The van der Waals surface area contributed by atoms with Gasteiger partial charge in [0.25, 0.3) is 0 Å². The van der Waals surface area contributed by atoms with E-state index in [0.717, 1.165) is 37.3 Å². The Hall–Kier alpha value is -0.570. The number of guanidine groups is 1. The minimum absolute atomic E-state index is 0. The van der Waals surface area contributed by atoms with Crippen LogP contribution in [0.2, 0.25) is 5.02 Å². The highest BCUT2D eigenvalue weighted by molar-refractivity contribution is 14.0. The van der Waals surface area contributed by atoms with Crippen molar-refractivity contribution >= 4 is 41.5 Å². The molecule has 3 unspecified atom stereocenters. The highest BCUT2D eigenvalue weighted by Gasteiger charge is 2.23. The molecule has 3 atom stereocenters. The van der Waals surface area contributed by atoms with Gasteiger partial charge >= 0.3 is 0 Å². The van der Waals surface area contributed by atoms with Crippen LogP contribution in [0, 0.1) is 0 Å². The fourth-order valence-corrected chi connectivity index (χ4v) is 3.12. The van der Waals surface area contributed by atoms with Crippen LogP contribution in [0.25, 0.3) is 0 Å². The van der Waals surface area contributed by atoms with E-state index < -0.39 is 0 Å². The zero-order valence-corrected chi connectivity index (χ0v) is 18.5. The molecule has 2 N–H and O–H groups in total. The lowest BCUT2D eigenvalue weighted by molar-refractivity contribution is -0.0174. The average molecular weight is 481 g/mol. The van der Waals surface area contributed by atoms with E-state index >= 15 is 0 Å². The van der Waals surface area contributed by atoms with E-state index in [1.165, 1.54) is 5.56 Å². The number of aliphatic imine (C=N–C) groups is 1. The Morgan fingerprint density at radius 3 is 2.64 bits per heavy atom. The average Bonchev–Trinajstić information content (AvgIpc) is 2.59. The summed E-state index contributed by atoms with van der Waals surface area (Å²) < 4.78 is 5.51. The van der Waals surface area contributed by atoms with Gasteiger partial charge in [-0.05, 0) is 38.5 Å². The third kappa shape index (κ3) is 6.92. The molecule has 25 heavy (non-hydrogen) atoms. The highest BCUT2D eigenvalue weighted by Crippen LogP contribution is 2.16. The molecule has 1 aromatic carbocycles. The van der Waals surface area contributed by atoms with Crippen LogP contribution in [-0.4, -0.2) is 56.3 Å². The summed E-state index contributed by atoms with van der Waals surface area (Å²) in [4.78, 5) is 6.81. The first-order valence-corrected chi connectivity index (χ1v) is 8.95. The zero-order valence-electron chi connectivity index (χ0n) is 15.5. The lowest BCUT2D eigenvalue weighted by Crippen LogP contribution is -2.53. The van der Waals surface area contributed by atoms with E-state index in [2.05, 4.69) is 41.3 Å². The molecule has 1 aliphatic rings. The topological polar surface area (TPSA) is 48.9 Å². The highest BCUT2D eigenvalue weighted by atomic mass is 127. The fraction of sp³-hybridized carbons (Fsp3) is 0.611. The maximum Gasteiger partial charge on any atom is 0.191 e. The molecule has 142 valence electrons. The van der Waals surface area contributed by atoms with Crippen LogP contribution in [0.1, 0.15) is 32.4 Å². The maximum absolute atomic E-state index is 5.95. The first kappa shape index (κ1) is 22.5. The molecule has 2 rings (SSSR count). The second kappa shape index (κ2) is 11.2. The summed E-state index contributed by atoms with van der Waals surface area (Å²) in [6.07, 6.45) is 0. The number of halogens is 2. The van der Waals surface area contributed by atoms with Gasteiger partial charge in [0.05, 0.1) is 19.3 Å². The van der Waals surface area contributed by atoms with E-state index in [9.17, 15) is 0 Å². The number of hydrogen-bond donors (Lipinski definition) is 2. The van der Waals surface area contributed by atoms with E-state index in [-0.39, 0.29) is 30.0 Å². The van der Waals surface area contributed by atoms with Gasteiger partial charge in [0.1, 0.15) is 0 Å². The largest absolute Gasteiger partial charge is 0.379 e. The Labute approximate surface area is 173 Å². The molecular weight excluding hydrogens is 451 g/mol. The van der Waals surface area contributed by atoms with E-state index in [1.807, 2.05) is 24.3 Å². The van der Waals surface area contributed by atoms with Crippen molar-refractivity contribution in [2.24, 2.45) is 4.99 Å². The summed E-state index contributed by atoms with van der Waals surface area (Å²) in [5.74, 6) is 0.810. The molecule has 1 aromatic rings. The number of morpholine rings is 1. The van der Waals surface area contributed by atoms with Crippen LogP contribution >= 0.6 is 35.6 Å². The van der Waals surface area contributed by atoms with Gasteiger partial charge in [-0.1, -0.05) is 23.7 Å².